The van der Waals surface area contributed by atoms with E-state index >= 15 is 0 Å². The van der Waals surface area contributed by atoms with Crippen molar-refractivity contribution in [1.29, 1.82) is 0 Å². The van der Waals surface area contributed by atoms with Crippen LogP contribution in [0.15, 0.2) is 59.5 Å². The molecule has 0 radical (unpaired) electrons. The molecule has 9 nitrogen and oxygen atoms in total. The summed E-state index contributed by atoms with van der Waals surface area (Å²) in [5, 5.41) is 7.63. The number of nitrogens with zero attached hydrogens (tertiary/aromatic N) is 3. The molecule has 4 rings (SSSR count). The zero-order valence-corrected chi connectivity index (χ0v) is 19.5. The molecule has 1 fully saturated rings. The number of aromatic nitrogens is 2. The number of nitrogens with one attached hydrogen (secondary N) is 1. The number of halogens is 1. The molecule has 34 heavy (non-hydrogen) atoms. The predicted octanol–water partition coefficient (Wildman–Crippen LogP) is 3.95. The molecule has 1 atom stereocenters. The fraction of sp³-hybridized carbons (Fsp3) is 0.292. The molecule has 2 heterocycles. The molecule has 1 unspecified atom stereocenters. The van der Waals surface area contributed by atoms with Crippen LogP contribution in [-0.4, -0.2) is 42.7 Å². The van der Waals surface area contributed by atoms with Crippen LogP contribution in [-0.2, 0) is 4.74 Å². The minimum atomic E-state index is -0.858. The molecule has 1 aliphatic rings. The number of hydrogen-bond donors (Lipinski definition) is 2. The van der Waals surface area contributed by atoms with Crippen LogP contribution in [0.3, 0.4) is 0 Å². The van der Waals surface area contributed by atoms with E-state index in [1.807, 2.05) is 36.2 Å². The van der Waals surface area contributed by atoms with E-state index in [1.165, 1.54) is 4.68 Å². The summed E-state index contributed by atoms with van der Waals surface area (Å²) < 4.78 is 11.6. The average molecular weight is 484 g/mol. The van der Waals surface area contributed by atoms with Crippen molar-refractivity contribution in [2.75, 3.05) is 37.0 Å². The zero-order chi connectivity index (χ0) is 24.1. The number of nitrogens with two attached hydrogens (primary N) is 1. The number of carbonyl (C=O) groups excluding carboxylic acids is 1. The van der Waals surface area contributed by atoms with Crippen LogP contribution < -0.4 is 26.2 Å². The van der Waals surface area contributed by atoms with E-state index in [1.54, 1.807) is 30.5 Å². The molecule has 0 aliphatic carbocycles. The van der Waals surface area contributed by atoms with Crippen molar-refractivity contribution < 1.29 is 14.3 Å². The molecule has 1 amide bonds. The number of benzene rings is 2. The molecule has 0 spiro atoms. The van der Waals surface area contributed by atoms with Crippen LogP contribution in [0.1, 0.15) is 12.8 Å². The number of ether oxygens (including phenoxy) is 2. The van der Waals surface area contributed by atoms with Gasteiger partial charge < -0.3 is 25.4 Å². The minimum Gasteiger partial charge on any atom is -0.411 e. The number of carbonyl (C=O) groups is 1. The van der Waals surface area contributed by atoms with Gasteiger partial charge in [0.1, 0.15) is 10.8 Å². The average Bonchev–Trinajstić information content (AvgIpc) is 2.85. The van der Waals surface area contributed by atoms with Gasteiger partial charge in [-0.25, -0.2) is 4.79 Å². The Morgan fingerprint density at radius 3 is 2.53 bits per heavy atom. The SMILES string of the molecule is CN(c1ccc(OC(N)=O)cc1)c1ccc(-n2ncc(NCC3CCCOC3)c(Cl)c2=O)cc1. The largest absolute Gasteiger partial charge is 0.411 e. The van der Waals surface area contributed by atoms with E-state index in [9.17, 15) is 9.59 Å². The Bertz CT molecular complexity index is 1190. The molecule has 10 heteroatoms. The molecule has 3 N–H and O–H groups in total. The Hall–Kier alpha value is -3.56. The third kappa shape index (κ3) is 5.49. The van der Waals surface area contributed by atoms with Gasteiger partial charge in [-0.2, -0.15) is 9.78 Å². The van der Waals surface area contributed by atoms with Gasteiger partial charge in [0.05, 0.1) is 24.2 Å². The lowest BCUT2D eigenvalue weighted by molar-refractivity contribution is 0.0595. The van der Waals surface area contributed by atoms with E-state index in [2.05, 4.69) is 10.4 Å². The molecule has 1 aliphatic heterocycles. The van der Waals surface area contributed by atoms with Crippen LogP contribution in [0.25, 0.3) is 5.69 Å². The van der Waals surface area contributed by atoms with Gasteiger partial charge in [0.2, 0.25) is 0 Å². The summed E-state index contributed by atoms with van der Waals surface area (Å²) in [6.07, 6.45) is 2.84. The highest BCUT2D eigenvalue weighted by atomic mass is 35.5. The van der Waals surface area contributed by atoms with Gasteiger partial charge in [-0.3, -0.25) is 4.79 Å². The number of anilines is 3. The quantitative estimate of drug-likeness (QED) is 0.523. The van der Waals surface area contributed by atoms with Crippen molar-refractivity contribution in [2.24, 2.45) is 11.7 Å². The Labute approximate surface area is 202 Å². The van der Waals surface area contributed by atoms with Crippen LogP contribution in [0.4, 0.5) is 21.9 Å². The highest BCUT2D eigenvalue weighted by Crippen LogP contribution is 2.26. The van der Waals surface area contributed by atoms with Gasteiger partial charge in [-0.05, 0) is 67.3 Å². The Morgan fingerprint density at radius 2 is 1.91 bits per heavy atom. The maximum absolute atomic E-state index is 12.8. The Kier molecular flexibility index (Phi) is 7.34. The topological polar surface area (TPSA) is 112 Å². The molecular formula is C24H26ClN5O4. The molecule has 2 aromatic carbocycles. The van der Waals surface area contributed by atoms with E-state index in [-0.39, 0.29) is 5.02 Å². The lowest BCUT2D eigenvalue weighted by atomic mass is 10.0. The third-order valence-corrected chi connectivity index (χ3v) is 6.04. The molecule has 1 aromatic heterocycles. The van der Waals surface area contributed by atoms with Crippen LogP contribution in [0.5, 0.6) is 5.75 Å². The predicted molar refractivity (Wildman–Crippen MR) is 132 cm³/mol. The molecule has 3 aromatic rings. The Morgan fingerprint density at radius 1 is 1.24 bits per heavy atom. The normalized spacial score (nSPS) is 15.5. The van der Waals surface area contributed by atoms with E-state index < -0.39 is 11.7 Å². The summed E-state index contributed by atoms with van der Waals surface area (Å²) in [5.74, 6) is 0.760. The van der Waals surface area contributed by atoms with Crippen molar-refractivity contribution in [3.8, 4) is 11.4 Å². The van der Waals surface area contributed by atoms with Crippen LogP contribution in [0.2, 0.25) is 5.02 Å². The van der Waals surface area contributed by atoms with Gasteiger partial charge in [-0.1, -0.05) is 11.6 Å². The van der Waals surface area contributed by atoms with Crippen molar-refractivity contribution in [1.82, 2.24) is 9.78 Å². The maximum Gasteiger partial charge on any atom is 0.409 e. The monoisotopic (exact) mass is 483 g/mol. The summed E-state index contributed by atoms with van der Waals surface area (Å²) in [6, 6.07) is 14.3. The summed E-state index contributed by atoms with van der Waals surface area (Å²) in [7, 11) is 1.90. The first-order valence-electron chi connectivity index (χ1n) is 10.9. The minimum absolute atomic E-state index is 0.103. The van der Waals surface area contributed by atoms with Crippen molar-refractivity contribution >= 4 is 34.8 Å². The molecule has 178 valence electrons. The van der Waals surface area contributed by atoms with Gasteiger partial charge in [0.15, 0.2) is 0 Å². The van der Waals surface area contributed by atoms with Crippen molar-refractivity contribution in [2.45, 2.75) is 12.8 Å². The number of rotatable bonds is 7. The summed E-state index contributed by atoms with van der Waals surface area (Å²) >= 11 is 6.36. The zero-order valence-electron chi connectivity index (χ0n) is 18.7. The second-order valence-corrected chi connectivity index (χ2v) is 8.42. The highest BCUT2D eigenvalue weighted by Gasteiger charge is 2.16. The van der Waals surface area contributed by atoms with E-state index in [0.29, 0.717) is 36.2 Å². The second kappa shape index (κ2) is 10.6. The van der Waals surface area contributed by atoms with Crippen molar-refractivity contribution in [3.05, 3.63) is 70.1 Å². The smallest absolute Gasteiger partial charge is 0.409 e. The first-order chi connectivity index (χ1) is 16.4. The van der Waals surface area contributed by atoms with Gasteiger partial charge in [-0.15, -0.1) is 0 Å². The van der Waals surface area contributed by atoms with E-state index in [4.69, 9.17) is 26.8 Å². The van der Waals surface area contributed by atoms with Crippen molar-refractivity contribution in [3.63, 3.8) is 0 Å². The third-order valence-electron chi connectivity index (χ3n) is 5.68. The number of primary amides is 1. The van der Waals surface area contributed by atoms with Crippen LogP contribution >= 0.6 is 11.6 Å². The first-order valence-corrected chi connectivity index (χ1v) is 11.3. The lowest BCUT2D eigenvalue weighted by Gasteiger charge is -2.23. The van der Waals surface area contributed by atoms with Gasteiger partial charge >= 0.3 is 6.09 Å². The standard InChI is InChI=1S/C24H26ClN5O4/c1-29(18-8-10-20(11-9-18)34-24(26)32)17-4-6-19(7-5-17)30-23(31)22(25)21(14-28-30)27-13-16-3-2-12-33-15-16/h4-11,14,16,27H,2-3,12-13,15H2,1H3,(H2,26,32). The highest BCUT2D eigenvalue weighted by molar-refractivity contribution is 6.32. The lowest BCUT2D eigenvalue weighted by Crippen LogP contribution is -2.26. The maximum atomic E-state index is 12.8. The molecule has 1 saturated heterocycles. The number of hydrogen-bond acceptors (Lipinski definition) is 7. The summed E-state index contributed by atoms with van der Waals surface area (Å²) in [5.41, 5.74) is 7.53. The van der Waals surface area contributed by atoms with Crippen LogP contribution in [0, 0.1) is 5.92 Å². The Balaban J connectivity index is 1.46. The van der Waals surface area contributed by atoms with E-state index in [0.717, 1.165) is 30.8 Å². The van der Waals surface area contributed by atoms with Gasteiger partial charge in [0.25, 0.3) is 5.56 Å². The van der Waals surface area contributed by atoms with Gasteiger partial charge in [0, 0.05) is 31.6 Å². The molecule has 0 saturated carbocycles. The first kappa shape index (κ1) is 23.6. The second-order valence-electron chi connectivity index (χ2n) is 8.04. The fourth-order valence-corrected chi connectivity index (χ4v) is 3.98. The number of amides is 1. The molecule has 0 bridgehead atoms. The summed E-state index contributed by atoms with van der Waals surface area (Å²) in [4.78, 5) is 25.6. The molecular weight excluding hydrogens is 458 g/mol. The summed E-state index contributed by atoms with van der Waals surface area (Å²) in [6.45, 7) is 2.20. The fourth-order valence-electron chi connectivity index (χ4n) is 3.78.